The molecule has 0 aromatic carbocycles. The zero-order valence-corrected chi connectivity index (χ0v) is 8.56. The highest BCUT2D eigenvalue weighted by molar-refractivity contribution is 5.59. The van der Waals surface area contributed by atoms with Crippen molar-refractivity contribution >= 4 is 11.5 Å². The smallest absolute Gasteiger partial charge is 0.314 e. The standard InChI is InChI=1S/C10H13N3O2/c1-6-8(4-7-2-3-7)5-12-10(11)9(6)13(14)15/h5,7H,2-4H2,1H3,(H2,11,12). The van der Waals surface area contributed by atoms with Crippen LogP contribution in [0.25, 0.3) is 0 Å². The van der Waals surface area contributed by atoms with Gasteiger partial charge in [-0.2, -0.15) is 0 Å². The first-order chi connectivity index (χ1) is 7.09. The van der Waals surface area contributed by atoms with Crippen LogP contribution in [0.1, 0.15) is 24.0 Å². The van der Waals surface area contributed by atoms with Crippen molar-refractivity contribution in [2.45, 2.75) is 26.2 Å². The summed E-state index contributed by atoms with van der Waals surface area (Å²) in [6.07, 6.45) is 4.99. The molecule has 15 heavy (non-hydrogen) atoms. The minimum absolute atomic E-state index is 0.0112. The molecule has 0 unspecified atom stereocenters. The summed E-state index contributed by atoms with van der Waals surface area (Å²) >= 11 is 0. The number of pyridine rings is 1. The molecule has 0 atom stereocenters. The SMILES string of the molecule is Cc1c(CC2CC2)cnc(N)c1[N+](=O)[O-]. The fourth-order valence-electron chi connectivity index (χ4n) is 1.72. The van der Waals surface area contributed by atoms with Crippen molar-refractivity contribution in [3.8, 4) is 0 Å². The van der Waals surface area contributed by atoms with Gasteiger partial charge in [-0.05, 0) is 37.7 Å². The molecule has 0 aliphatic heterocycles. The summed E-state index contributed by atoms with van der Waals surface area (Å²) in [5.74, 6) is 0.700. The largest absolute Gasteiger partial charge is 0.378 e. The summed E-state index contributed by atoms with van der Waals surface area (Å²) in [5, 5.41) is 10.8. The molecule has 1 aliphatic carbocycles. The minimum atomic E-state index is -0.450. The Kier molecular flexibility index (Phi) is 2.30. The fraction of sp³-hybridized carbons (Fsp3) is 0.500. The highest BCUT2D eigenvalue weighted by atomic mass is 16.6. The van der Waals surface area contributed by atoms with Crippen LogP contribution in [0, 0.1) is 23.0 Å². The van der Waals surface area contributed by atoms with Crippen LogP contribution >= 0.6 is 0 Å². The van der Waals surface area contributed by atoms with E-state index in [4.69, 9.17) is 5.73 Å². The lowest BCUT2D eigenvalue weighted by Crippen LogP contribution is -2.04. The Labute approximate surface area is 87.5 Å². The van der Waals surface area contributed by atoms with Crippen molar-refractivity contribution in [3.63, 3.8) is 0 Å². The van der Waals surface area contributed by atoms with Gasteiger partial charge in [0.2, 0.25) is 5.82 Å². The van der Waals surface area contributed by atoms with E-state index in [9.17, 15) is 10.1 Å². The Hall–Kier alpha value is -1.65. The molecule has 2 N–H and O–H groups in total. The van der Waals surface area contributed by atoms with Crippen molar-refractivity contribution in [3.05, 3.63) is 27.4 Å². The van der Waals surface area contributed by atoms with Gasteiger partial charge in [0, 0.05) is 11.8 Å². The third-order valence-corrected chi connectivity index (χ3v) is 2.83. The molecule has 80 valence electrons. The van der Waals surface area contributed by atoms with Crippen molar-refractivity contribution in [1.29, 1.82) is 0 Å². The predicted octanol–water partition coefficient (Wildman–Crippen LogP) is 1.83. The zero-order chi connectivity index (χ0) is 11.0. The van der Waals surface area contributed by atoms with E-state index in [0.717, 1.165) is 12.0 Å². The van der Waals surface area contributed by atoms with Crippen LogP contribution in [0.15, 0.2) is 6.20 Å². The monoisotopic (exact) mass is 207 g/mol. The molecule has 1 aromatic heterocycles. The molecule has 1 saturated carbocycles. The van der Waals surface area contributed by atoms with Gasteiger partial charge in [0.15, 0.2) is 0 Å². The Balaban J connectivity index is 2.39. The van der Waals surface area contributed by atoms with Crippen LogP contribution in [0.4, 0.5) is 11.5 Å². The molecule has 1 aliphatic rings. The lowest BCUT2D eigenvalue weighted by atomic mass is 10.0. The van der Waals surface area contributed by atoms with Gasteiger partial charge in [-0.25, -0.2) is 4.98 Å². The van der Waals surface area contributed by atoms with Crippen LogP contribution in [-0.4, -0.2) is 9.91 Å². The maximum Gasteiger partial charge on any atom is 0.314 e. The fourth-order valence-corrected chi connectivity index (χ4v) is 1.72. The number of nitrogens with two attached hydrogens (primary N) is 1. The highest BCUT2D eigenvalue weighted by Crippen LogP contribution is 2.35. The number of nitrogen functional groups attached to an aromatic ring is 1. The second kappa shape index (κ2) is 3.49. The van der Waals surface area contributed by atoms with Gasteiger partial charge < -0.3 is 5.73 Å². The maximum atomic E-state index is 10.8. The van der Waals surface area contributed by atoms with Gasteiger partial charge >= 0.3 is 5.69 Å². The van der Waals surface area contributed by atoms with Gasteiger partial charge in [0.25, 0.3) is 0 Å². The van der Waals surface area contributed by atoms with E-state index in [0.29, 0.717) is 11.5 Å². The summed E-state index contributed by atoms with van der Waals surface area (Å²) < 4.78 is 0. The molecule has 0 radical (unpaired) electrons. The lowest BCUT2D eigenvalue weighted by molar-refractivity contribution is -0.384. The van der Waals surface area contributed by atoms with Gasteiger partial charge in [0.1, 0.15) is 0 Å². The van der Waals surface area contributed by atoms with E-state index < -0.39 is 4.92 Å². The Morgan fingerprint density at radius 3 is 2.87 bits per heavy atom. The number of nitrogens with zero attached hydrogens (tertiary/aromatic N) is 2. The van der Waals surface area contributed by atoms with Gasteiger partial charge in [-0.1, -0.05) is 0 Å². The number of rotatable bonds is 3. The summed E-state index contributed by atoms with van der Waals surface area (Å²) in [6, 6.07) is 0. The summed E-state index contributed by atoms with van der Waals surface area (Å²) in [6.45, 7) is 1.74. The number of aromatic nitrogens is 1. The first kappa shape index (κ1) is 9.89. The first-order valence-electron chi connectivity index (χ1n) is 4.98. The van der Waals surface area contributed by atoms with E-state index >= 15 is 0 Å². The summed E-state index contributed by atoms with van der Waals surface area (Å²) in [4.78, 5) is 14.2. The maximum absolute atomic E-state index is 10.8. The molecular weight excluding hydrogens is 194 g/mol. The van der Waals surface area contributed by atoms with Crippen molar-refractivity contribution in [2.24, 2.45) is 5.92 Å². The zero-order valence-electron chi connectivity index (χ0n) is 8.56. The molecule has 0 spiro atoms. The lowest BCUT2D eigenvalue weighted by Gasteiger charge is -2.06. The molecule has 0 bridgehead atoms. The average Bonchev–Trinajstić information content (AvgIpc) is 2.93. The summed E-state index contributed by atoms with van der Waals surface area (Å²) in [7, 11) is 0. The predicted molar refractivity (Wildman–Crippen MR) is 56.5 cm³/mol. The third-order valence-electron chi connectivity index (χ3n) is 2.83. The van der Waals surface area contributed by atoms with Crippen LogP contribution in [0.3, 0.4) is 0 Å². The molecular formula is C10H13N3O2. The van der Waals surface area contributed by atoms with E-state index in [1.807, 2.05) is 0 Å². The van der Waals surface area contributed by atoms with Crippen LogP contribution in [0.2, 0.25) is 0 Å². The quantitative estimate of drug-likeness (QED) is 0.605. The second-order valence-corrected chi connectivity index (χ2v) is 4.05. The highest BCUT2D eigenvalue weighted by Gasteiger charge is 2.26. The van der Waals surface area contributed by atoms with Gasteiger partial charge in [-0.15, -0.1) is 0 Å². The first-order valence-corrected chi connectivity index (χ1v) is 4.98. The van der Waals surface area contributed by atoms with Gasteiger partial charge in [0.05, 0.1) is 4.92 Å². The molecule has 1 fully saturated rings. The van der Waals surface area contributed by atoms with E-state index in [1.165, 1.54) is 12.8 Å². The average molecular weight is 207 g/mol. The third kappa shape index (κ3) is 1.91. The van der Waals surface area contributed by atoms with Gasteiger partial charge in [-0.3, -0.25) is 10.1 Å². The van der Waals surface area contributed by atoms with Crippen molar-refractivity contribution in [1.82, 2.24) is 4.98 Å². The second-order valence-electron chi connectivity index (χ2n) is 4.05. The summed E-state index contributed by atoms with van der Waals surface area (Å²) in [5.41, 5.74) is 7.07. The van der Waals surface area contributed by atoms with Crippen molar-refractivity contribution in [2.75, 3.05) is 5.73 Å². The molecule has 0 saturated heterocycles. The topological polar surface area (TPSA) is 82.0 Å². The Bertz CT molecular complexity index is 413. The molecule has 1 aromatic rings. The number of nitro groups is 1. The number of hydrogen-bond acceptors (Lipinski definition) is 4. The van der Waals surface area contributed by atoms with E-state index in [2.05, 4.69) is 4.98 Å². The molecule has 2 rings (SSSR count). The Morgan fingerprint density at radius 2 is 2.33 bits per heavy atom. The number of anilines is 1. The van der Waals surface area contributed by atoms with Crippen LogP contribution < -0.4 is 5.73 Å². The Morgan fingerprint density at radius 1 is 1.67 bits per heavy atom. The van der Waals surface area contributed by atoms with Crippen molar-refractivity contribution < 1.29 is 4.92 Å². The van der Waals surface area contributed by atoms with E-state index in [1.54, 1.807) is 13.1 Å². The van der Waals surface area contributed by atoms with Crippen LogP contribution in [-0.2, 0) is 6.42 Å². The molecule has 1 heterocycles. The number of hydrogen-bond donors (Lipinski definition) is 1. The normalized spacial score (nSPS) is 15.3. The molecule has 0 amide bonds. The molecule has 5 nitrogen and oxygen atoms in total. The van der Waals surface area contributed by atoms with Crippen LogP contribution in [0.5, 0.6) is 0 Å². The molecule has 5 heteroatoms. The van der Waals surface area contributed by atoms with E-state index in [-0.39, 0.29) is 11.5 Å². The minimum Gasteiger partial charge on any atom is -0.378 e.